The molecule has 0 aliphatic carbocycles. The molecule has 0 saturated carbocycles. The Balaban J connectivity index is 2.02. The summed E-state index contributed by atoms with van der Waals surface area (Å²) in [6.07, 6.45) is 3.16. The predicted molar refractivity (Wildman–Crippen MR) is 46.7 cm³/mol. The van der Waals surface area contributed by atoms with Crippen LogP contribution in [0.1, 0.15) is 17.9 Å². The summed E-state index contributed by atoms with van der Waals surface area (Å²) in [4.78, 5) is 10.9. The zero-order valence-corrected chi connectivity index (χ0v) is 7.32. The van der Waals surface area contributed by atoms with E-state index in [0.717, 1.165) is 18.1 Å². The Hall–Kier alpha value is -0.960. The van der Waals surface area contributed by atoms with Gasteiger partial charge in [0.05, 0.1) is 6.54 Å². The summed E-state index contributed by atoms with van der Waals surface area (Å²) in [6.45, 7) is 5.33. The summed E-state index contributed by atoms with van der Waals surface area (Å²) in [5.74, 6) is 0.953. The van der Waals surface area contributed by atoms with Crippen LogP contribution in [-0.4, -0.2) is 28.0 Å². The van der Waals surface area contributed by atoms with Gasteiger partial charge >= 0.3 is 0 Å². The van der Waals surface area contributed by atoms with Crippen molar-refractivity contribution >= 4 is 0 Å². The fourth-order valence-corrected chi connectivity index (χ4v) is 1.32. The molecule has 1 aromatic heterocycles. The van der Waals surface area contributed by atoms with Crippen LogP contribution in [-0.2, 0) is 6.54 Å². The van der Waals surface area contributed by atoms with E-state index in [1.807, 2.05) is 19.2 Å². The van der Waals surface area contributed by atoms with Crippen LogP contribution in [0.4, 0.5) is 0 Å². The molecule has 1 aliphatic rings. The lowest BCUT2D eigenvalue weighted by Crippen LogP contribution is -2.36. The third-order valence-corrected chi connectivity index (χ3v) is 2.16. The minimum absolute atomic E-state index is 0.918. The molecule has 3 nitrogen and oxygen atoms in total. The summed E-state index contributed by atoms with van der Waals surface area (Å²) >= 11 is 0. The van der Waals surface area contributed by atoms with Crippen molar-refractivity contribution in [3.63, 3.8) is 0 Å². The van der Waals surface area contributed by atoms with Crippen LogP contribution in [0, 0.1) is 6.92 Å². The fourth-order valence-electron chi connectivity index (χ4n) is 1.32. The number of rotatable bonds is 2. The Morgan fingerprint density at radius 3 is 2.92 bits per heavy atom. The highest BCUT2D eigenvalue weighted by molar-refractivity contribution is 4.99. The molecule has 0 atom stereocenters. The van der Waals surface area contributed by atoms with Crippen LogP contribution < -0.4 is 0 Å². The van der Waals surface area contributed by atoms with Crippen LogP contribution in [0.5, 0.6) is 0 Å². The Morgan fingerprint density at radius 2 is 2.33 bits per heavy atom. The average Bonchev–Trinajstić information content (AvgIpc) is 1.97. The van der Waals surface area contributed by atoms with Crippen molar-refractivity contribution in [2.24, 2.45) is 0 Å². The van der Waals surface area contributed by atoms with Crippen LogP contribution in [0.25, 0.3) is 0 Å². The van der Waals surface area contributed by atoms with Gasteiger partial charge in [-0.2, -0.15) is 0 Å². The minimum atomic E-state index is 0.918. The molecule has 0 aromatic carbocycles. The van der Waals surface area contributed by atoms with Crippen molar-refractivity contribution < 1.29 is 0 Å². The zero-order valence-electron chi connectivity index (χ0n) is 7.32. The first-order valence-corrected chi connectivity index (χ1v) is 4.35. The van der Waals surface area contributed by atoms with Crippen LogP contribution >= 0.6 is 0 Å². The molecule has 12 heavy (non-hydrogen) atoms. The van der Waals surface area contributed by atoms with Crippen molar-refractivity contribution in [2.45, 2.75) is 19.9 Å². The van der Waals surface area contributed by atoms with E-state index in [0.29, 0.717) is 0 Å². The molecule has 0 radical (unpaired) electrons. The van der Waals surface area contributed by atoms with Gasteiger partial charge in [0.2, 0.25) is 0 Å². The second-order valence-corrected chi connectivity index (χ2v) is 3.24. The van der Waals surface area contributed by atoms with Gasteiger partial charge in [0.15, 0.2) is 0 Å². The van der Waals surface area contributed by atoms with E-state index in [1.54, 1.807) is 0 Å². The molecular formula is C9H13N3. The van der Waals surface area contributed by atoms with Crippen LogP contribution in [0.3, 0.4) is 0 Å². The van der Waals surface area contributed by atoms with Gasteiger partial charge in [0, 0.05) is 11.9 Å². The molecular weight excluding hydrogens is 150 g/mol. The zero-order chi connectivity index (χ0) is 8.39. The quantitative estimate of drug-likeness (QED) is 0.651. The molecule has 0 spiro atoms. The summed E-state index contributed by atoms with van der Waals surface area (Å²) in [5, 5.41) is 0. The van der Waals surface area contributed by atoms with Crippen molar-refractivity contribution in [1.29, 1.82) is 0 Å². The number of aromatic nitrogens is 2. The second kappa shape index (κ2) is 3.19. The van der Waals surface area contributed by atoms with Crippen molar-refractivity contribution in [3.05, 3.63) is 23.8 Å². The first-order valence-electron chi connectivity index (χ1n) is 4.35. The Morgan fingerprint density at radius 1 is 1.50 bits per heavy atom. The van der Waals surface area contributed by atoms with E-state index in [9.17, 15) is 0 Å². The Kier molecular flexibility index (Phi) is 2.04. The molecule has 0 bridgehead atoms. The predicted octanol–water partition coefficient (Wildman–Crippen LogP) is 0.991. The number of hydrogen-bond donors (Lipinski definition) is 0. The van der Waals surface area contributed by atoms with E-state index in [4.69, 9.17) is 0 Å². The summed E-state index contributed by atoms with van der Waals surface area (Å²) < 4.78 is 0. The lowest BCUT2D eigenvalue weighted by atomic mass is 10.2. The van der Waals surface area contributed by atoms with Gasteiger partial charge in [0.1, 0.15) is 5.82 Å². The molecule has 0 unspecified atom stereocenters. The highest BCUT2D eigenvalue weighted by Crippen LogP contribution is 2.08. The molecule has 0 N–H and O–H groups in total. The monoisotopic (exact) mass is 163 g/mol. The van der Waals surface area contributed by atoms with Gasteiger partial charge in [0.25, 0.3) is 0 Å². The minimum Gasteiger partial charge on any atom is -0.296 e. The second-order valence-electron chi connectivity index (χ2n) is 3.24. The van der Waals surface area contributed by atoms with Crippen LogP contribution in [0.2, 0.25) is 0 Å². The number of hydrogen-bond acceptors (Lipinski definition) is 3. The largest absolute Gasteiger partial charge is 0.296 e. The summed E-state index contributed by atoms with van der Waals surface area (Å²) in [7, 11) is 0. The molecule has 1 aliphatic heterocycles. The maximum atomic E-state index is 4.34. The van der Waals surface area contributed by atoms with E-state index < -0.39 is 0 Å². The van der Waals surface area contributed by atoms with Gasteiger partial charge in [-0.3, -0.25) is 4.90 Å². The Labute approximate surface area is 72.4 Å². The highest BCUT2D eigenvalue weighted by Gasteiger charge is 2.14. The van der Waals surface area contributed by atoms with Crippen molar-refractivity contribution in [2.75, 3.05) is 13.1 Å². The highest BCUT2D eigenvalue weighted by atomic mass is 15.2. The molecule has 0 amide bonds. The third kappa shape index (κ3) is 1.61. The summed E-state index contributed by atoms with van der Waals surface area (Å²) in [6, 6.07) is 1.93. The first-order chi connectivity index (χ1) is 5.84. The van der Waals surface area contributed by atoms with Gasteiger partial charge in [-0.1, -0.05) is 0 Å². The van der Waals surface area contributed by atoms with Crippen LogP contribution in [0.15, 0.2) is 12.3 Å². The first kappa shape index (κ1) is 7.68. The molecule has 1 fully saturated rings. The van der Waals surface area contributed by atoms with Gasteiger partial charge in [-0.25, -0.2) is 9.97 Å². The normalized spacial score (nSPS) is 17.4. The van der Waals surface area contributed by atoms with Gasteiger partial charge in [-0.15, -0.1) is 0 Å². The fraction of sp³-hybridized carbons (Fsp3) is 0.556. The molecule has 3 heteroatoms. The van der Waals surface area contributed by atoms with E-state index >= 15 is 0 Å². The van der Waals surface area contributed by atoms with Crippen molar-refractivity contribution in [3.8, 4) is 0 Å². The average molecular weight is 163 g/mol. The van der Waals surface area contributed by atoms with Gasteiger partial charge in [-0.05, 0) is 32.5 Å². The number of aryl methyl sites for hydroxylation is 1. The lowest BCUT2D eigenvalue weighted by Gasteiger charge is -2.29. The van der Waals surface area contributed by atoms with E-state index in [2.05, 4.69) is 14.9 Å². The maximum absolute atomic E-state index is 4.34. The molecule has 2 heterocycles. The Bertz CT molecular complexity index is 268. The third-order valence-electron chi connectivity index (χ3n) is 2.16. The van der Waals surface area contributed by atoms with Crippen molar-refractivity contribution in [1.82, 2.24) is 14.9 Å². The molecule has 2 rings (SSSR count). The molecule has 1 aromatic rings. The number of likely N-dealkylation sites (tertiary alicyclic amines) is 1. The topological polar surface area (TPSA) is 29.0 Å². The SMILES string of the molecule is Cc1ccnc(CN2CCC2)n1. The summed E-state index contributed by atoms with van der Waals surface area (Å²) in [5.41, 5.74) is 1.06. The molecule has 64 valence electrons. The maximum Gasteiger partial charge on any atom is 0.142 e. The van der Waals surface area contributed by atoms with E-state index in [1.165, 1.54) is 19.5 Å². The van der Waals surface area contributed by atoms with E-state index in [-0.39, 0.29) is 0 Å². The smallest absolute Gasteiger partial charge is 0.142 e. The number of nitrogens with zero attached hydrogens (tertiary/aromatic N) is 3. The van der Waals surface area contributed by atoms with Gasteiger partial charge < -0.3 is 0 Å². The molecule has 1 saturated heterocycles. The lowest BCUT2D eigenvalue weighted by molar-refractivity contribution is 0.168. The standard InChI is InChI=1S/C9H13N3/c1-8-3-4-10-9(11-8)7-12-5-2-6-12/h3-4H,2,5-7H2,1H3.